The zero-order chi connectivity index (χ0) is 26.2. The molecule has 38 heavy (non-hydrogen) atoms. The van der Waals surface area contributed by atoms with Crippen molar-refractivity contribution in [3.8, 4) is 0 Å². The van der Waals surface area contributed by atoms with Crippen LogP contribution in [0.3, 0.4) is 0 Å². The highest BCUT2D eigenvalue weighted by Crippen LogP contribution is 2.70. The van der Waals surface area contributed by atoms with Gasteiger partial charge in [0.15, 0.2) is 0 Å². The molecule has 4 N–H and O–H groups in total. The number of nitrogens with zero attached hydrogens (tertiary/aromatic N) is 6. The van der Waals surface area contributed by atoms with E-state index in [1.807, 2.05) is 43.1 Å². The fraction of sp³-hybridized carbons (Fsp3) is 0.545. The fourth-order valence-electron chi connectivity index (χ4n) is 4.71. The number of carbonyl (C=O) groups is 2. The summed E-state index contributed by atoms with van der Waals surface area (Å²) in [6, 6.07) is 3.02. The van der Waals surface area contributed by atoms with Crippen molar-refractivity contribution in [3.05, 3.63) is 45.5 Å². The Balaban J connectivity index is 0.00000336. The number of aromatic nitrogens is 4. The molecule has 0 aromatic carbocycles. The van der Waals surface area contributed by atoms with E-state index in [1.54, 1.807) is 0 Å². The van der Waals surface area contributed by atoms with E-state index in [-0.39, 0.29) is 57.1 Å². The van der Waals surface area contributed by atoms with Crippen LogP contribution >= 0.6 is 45.8 Å². The zero-order valence-electron chi connectivity index (χ0n) is 20.5. The SMILES string of the molecule is Cl.Nc1ccn(CC(=O)N2CCC3(CC2)SSC2(CCN(C(=O)Cn4ccc(N)nc4=O)CC2)S3)c(=O)n1. The highest BCUT2D eigenvalue weighted by molar-refractivity contribution is 8.83. The Morgan fingerprint density at radius 2 is 1.13 bits per heavy atom. The molecule has 3 saturated heterocycles. The van der Waals surface area contributed by atoms with Crippen LogP contribution in [0, 0.1) is 0 Å². The van der Waals surface area contributed by atoms with E-state index in [0.29, 0.717) is 26.2 Å². The minimum atomic E-state index is -0.524. The molecule has 3 fully saturated rings. The Morgan fingerprint density at radius 1 is 0.763 bits per heavy atom. The molecule has 5 heterocycles. The molecule has 0 atom stereocenters. The Kier molecular flexibility index (Phi) is 8.59. The van der Waals surface area contributed by atoms with Gasteiger partial charge in [-0.05, 0) is 37.8 Å². The zero-order valence-corrected chi connectivity index (χ0v) is 23.8. The second kappa shape index (κ2) is 11.4. The molecular formula is C22H29ClN8O4S3. The van der Waals surface area contributed by atoms with E-state index in [4.69, 9.17) is 11.5 Å². The molecule has 2 spiro atoms. The summed E-state index contributed by atoms with van der Waals surface area (Å²) in [6.07, 6.45) is 6.47. The molecule has 206 valence electrons. The predicted octanol–water partition coefficient (Wildman–Crippen LogP) is 0.852. The molecule has 2 aromatic heterocycles. The van der Waals surface area contributed by atoms with Gasteiger partial charge in [0.2, 0.25) is 11.8 Å². The van der Waals surface area contributed by atoms with Crippen molar-refractivity contribution in [2.24, 2.45) is 0 Å². The van der Waals surface area contributed by atoms with Gasteiger partial charge in [-0.2, -0.15) is 9.97 Å². The molecule has 0 saturated carbocycles. The molecule has 0 radical (unpaired) electrons. The molecule has 0 unspecified atom stereocenters. The maximum absolute atomic E-state index is 12.8. The summed E-state index contributed by atoms with van der Waals surface area (Å²) in [7, 11) is 3.80. The molecule has 0 bridgehead atoms. The van der Waals surface area contributed by atoms with Crippen LogP contribution in [0.4, 0.5) is 11.6 Å². The lowest BCUT2D eigenvalue weighted by Crippen LogP contribution is -2.47. The van der Waals surface area contributed by atoms with E-state index in [0.717, 1.165) is 25.7 Å². The number of thioether (sulfide) groups is 1. The van der Waals surface area contributed by atoms with Crippen LogP contribution in [-0.2, 0) is 22.7 Å². The Bertz CT molecular complexity index is 1220. The molecule has 2 aromatic rings. The third kappa shape index (κ3) is 6.10. The van der Waals surface area contributed by atoms with Gasteiger partial charge < -0.3 is 21.3 Å². The second-order valence-electron chi connectivity index (χ2n) is 9.38. The first-order valence-corrected chi connectivity index (χ1v) is 14.9. The van der Waals surface area contributed by atoms with Crippen LogP contribution in [0.25, 0.3) is 0 Å². The molecular weight excluding hydrogens is 572 g/mol. The quantitative estimate of drug-likeness (QED) is 0.478. The van der Waals surface area contributed by atoms with Crippen molar-refractivity contribution in [2.75, 3.05) is 37.6 Å². The molecule has 5 rings (SSSR count). The largest absolute Gasteiger partial charge is 0.383 e. The molecule has 0 aliphatic carbocycles. The summed E-state index contributed by atoms with van der Waals surface area (Å²) >= 11 is 1.99. The Morgan fingerprint density at radius 3 is 1.47 bits per heavy atom. The fourth-order valence-corrected chi connectivity index (χ4v) is 11.7. The Hall–Kier alpha value is -2.36. The van der Waals surface area contributed by atoms with Crippen LogP contribution < -0.4 is 22.8 Å². The van der Waals surface area contributed by atoms with E-state index in [9.17, 15) is 19.2 Å². The number of nitrogens with two attached hydrogens (primary N) is 2. The topological polar surface area (TPSA) is 162 Å². The normalized spacial score (nSPS) is 19.9. The highest BCUT2D eigenvalue weighted by atomic mass is 35.5. The summed E-state index contributed by atoms with van der Waals surface area (Å²) in [6.45, 7) is 2.48. The maximum Gasteiger partial charge on any atom is 0.349 e. The number of anilines is 2. The van der Waals surface area contributed by atoms with Gasteiger partial charge in [0.05, 0.1) is 8.16 Å². The number of hydrogen-bond acceptors (Lipinski definition) is 11. The first-order chi connectivity index (χ1) is 17.7. The summed E-state index contributed by atoms with van der Waals surface area (Å²) in [4.78, 5) is 60.5. The highest BCUT2D eigenvalue weighted by Gasteiger charge is 2.53. The van der Waals surface area contributed by atoms with Crippen LogP contribution in [0.5, 0.6) is 0 Å². The minimum Gasteiger partial charge on any atom is -0.383 e. The average molecular weight is 601 g/mol. The number of halogens is 1. The lowest BCUT2D eigenvalue weighted by atomic mass is 10.1. The van der Waals surface area contributed by atoms with Gasteiger partial charge in [0.25, 0.3) is 0 Å². The lowest BCUT2D eigenvalue weighted by molar-refractivity contribution is -0.133. The van der Waals surface area contributed by atoms with Gasteiger partial charge in [-0.25, -0.2) is 9.59 Å². The van der Waals surface area contributed by atoms with Gasteiger partial charge in [-0.1, -0.05) is 21.6 Å². The standard InChI is InChI=1S/C22H28N8O4S3.ClH/c23-15-1-7-29(19(33)25-15)13-17(31)27-9-3-21(4-10-27)35-22(37-36-21)5-11-28(12-6-22)18(32)14-30-8-2-16(24)26-20(30)34;/h1-2,7-8H,3-6,9-14H2,(H2,23,25,33)(H2,24,26,34);1H. The smallest absolute Gasteiger partial charge is 0.349 e. The third-order valence-electron chi connectivity index (χ3n) is 6.88. The van der Waals surface area contributed by atoms with Crippen molar-refractivity contribution < 1.29 is 9.59 Å². The second-order valence-corrected chi connectivity index (χ2v) is 14.6. The van der Waals surface area contributed by atoms with Crippen LogP contribution in [-0.4, -0.2) is 75.1 Å². The van der Waals surface area contributed by atoms with Crippen LogP contribution in [0.2, 0.25) is 0 Å². The van der Waals surface area contributed by atoms with Gasteiger partial charge in [-0.3, -0.25) is 18.7 Å². The van der Waals surface area contributed by atoms with Gasteiger partial charge >= 0.3 is 11.4 Å². The minimum absolute atomic E-state index is 0. The average Bonchev–Trinajstić information content (AvgIpc) is 3.20. The van der Waals surface area contributed by atoms with Gasteiger partial charge in [0, 0.05) is 38.6 Å². The van der Waals surface area contributed by atoms with Crippen molar-refractivity contribution >= 4 is 69.2 Å². The monoisotopic (exact) mass is 600 g/mol. The molecule has 2 amide bonds. The first-order valence-electron chi connectivity index (χ1n) is 11.9. The third-order valence-corrected chi connectivity index (χ3v) is 13.7. The molecule has 3 aliphatic heterocycles. The number of nitrogen functional groups attached to an aromatic ring is 2. The summed E-state index contributed by atoms with van der Waals surface area (Å²) < 4.78 is 2.64. The van der Waals surface area contributed by atoms with Gasteiger partial charge in [-0.15, -0.1) is 24.2 Å². The molecule has 16 heteroatoms. The van der Waals surface area contributed by atoms with E-state index < -0.39 is 11.4 Å². The van der Waals surface area contributed by atoms with Crippen molar-refractivity contribution in [2.45, 2.75) is 46.9 Å². The Labute approximate surface area is 237 Å². The van der Waals surface area contributed by atoms with Gasteiger partial charge in [0.1, 0.15) is 24.7 Å². The number of piperidine rings is 2. The van der Waals surface area contributed by atoms with Crippen LogP contribution in [0.15, 0.2) is 34.1 Å². The number of hydrogen-bond donors (Lipinski definition) is 2. The lowest BCUT2D eigenvalue weighted by Gasteiger charge is -2.41. The number of amides is 2. The summed E-state index contributed by atoms with van der Waals surface area (Å²) in [5.41, 5.74) is 10.0. The maximum atomic E-state index is 12.8. The molecule has 3 aliphatic rings. The number of likely N-dealkylation sites (tertiary alicyclic amines) is 2. The summed E-state index contributed by atoms with van der Waals surface area (Å²) in [5, 5.41) is 0. The predicted molar refractivity (Wildman–Crippen MR) is 153 cm³/mol. The summed E-state index contributed by atoms with van der Waals surface area (Å²) in [5.74, 6) is 0.0856. The van der Waals surface area contributed by atoms with E-state index in [2.05, 4.69) is 9.97 Å². The van der Waals surface area contributed by atoms with E-state index in [1.165, 1.54) is 33.7 Å². The molecule has 12 nitrogen and oxygen atoms in total. The van der Waals surface area contributed by atoms with E-state index >= 15 is 0 Å². The number of carbonyl (C=O) groups excluding carboxylic acids is 2. The number of rotatable bonds is 4. The van der Waals surface area contributed by atoms with Crippen molar-refractivity contribution in [1.29, 1.82) is 0 Å². The van der Waals surface area contributed by atoms with Crippen molar-refractivity contribution in [1.82, 2.24) is 28.9 Å². The first kappa shape index (κ1) is 28.6. The van der Waals surface area contributed by atoms with Crippen LogP contribution in [0.1, 0.15) is 25.7 Å². The van der Waals surface area contributed by atoms with Crippen molar-refractivity contribution in [3.63, 3.8) is 0 Å².